The maximum atomic E-state index is 13.2. The minimum atomic E-state index is -1.01. The SMILES string of the molecule is CCn1c(SCC(=O)c2ccc(F)c(F)c2)nc2ccccc21. The zero-order valence-corrected chi connectivity index (χ0v) is 13.2. The van der Waals surface area contributed by atoms with Gasteiger partial charge in [-0.1, -0.05) is 23.9 Å². The maximum Gasteiger partial charge on any atom is 0.173 e. The Labute approximate surface area is 136 Å². The molecule has 3 rings (SSSR count). The molecule has 0 atom stereocenters. The highest BCUT2D eigenvalue weighted by Gasteiger charge is 2.14. The van der Waals surface area contributed by atoms with Gasteiger partial charge in [-0.05, 0) is 37.3 Å². The summed E-state index contributed by atoms with van der Waals surface area (Å²) in [7, 11) is 0. The number of Topliss-reactive ketones (excluding diaryl/α,β-unsaturated/α-hetero) is 1. The normalized spacial score (nSPS) is 11.1. The van der Waals surface area contributed by atoms with Gasteiger partial charge >= 0.3 is 0 Å². The van der Waals surface area contributed by atoms with Crippen LogP contribution in [0.1, 0.15) is 17.3 Å². The molecule has 118 valence electrons. The van der Waals surface area contributed by atoms with Gasteiger partial charge in [-0.2, -0.15) is 0 Å². The molecule has 3 aromatic rings. The van der Waals surface area contributed by atoms with E-state index < -0.39 is 11.6 Å². The van der Waals surface area contributed by atoms with Crippen molar-refractivity contribution in [1.82, 2.24) is 9.55 Å². The van der Waals surface area contributed by atoms with E-state index in [1.165, 1.54) is 17.8 Å². The molecule has 0 radical (unpaired) electrons. The van der Waals surface area contributed by atoms with Crippen LogP contribution in [0.25, 0.3) is 11.0 Å². The fourth-order valence-electron chi connectivity index (χ4n) is 2.35. The lowest BCUT2D eigenvalue weighted by molar-refractivity contribution is 0.102. The van der Waals surface area contributed by atoms with Gasteiger partial charge in [-0.15, -0.1) is 0 Å². The number of hydrogen-bond donors (Lipinski definition) is 0. The number of imidazole rings is 1. The third-order valence-electron chi connectivity index (χ3n) is 3.51. The van der Waals surface area contributed by atoms with Crippen molar-refractivity contribution in [1.29, 1.82) is 0 Å². The summed E-state index contributed by atoms with van der Waals surface area (Å²) < 4.78 is 28.2. The summed E-state index contributed by atoms with van der Waals surface area (Å²) in [5.41, 5.74) is 2.05. The molecule has 0 aliphatic heterocycles. The Morgan fingerprint density at radius 1 is 1.17 bits per heavy atom. The zero-order chi connectivity index (χ0) is 16.4. The number of benzene rings is 2. The third-order valence-corrected chi connectivity index (χ3v) is 4.49. The molecule has 0 N–H and O–H groups in total. The molecule has 23 heavy (non-hydrogen) atoms. The lowest BCUT2D eigenvalue weighted by atomic mass is 10.1. The largest absolute Gasteiger partial charge is 0.319 e. The van der Waals surface area contributed by atoms with Crippen LogP contribution in [0.3, 0.4) is 0 Å². The first-order valence-electron chi connectivity index (χ1n) is 7.16. The van der Waals surface area contributed by atoms with Gasteiger partial charge in [0, 0.05) is 12.1 Å². The molecular formula is C17H14F2N2OS. The molecule has 1 aromatic heterocycles. The molecule has 0 bridgehead atoms. The predicted octanol–water partition coefficient (Wildman–Crippen LogP) is 4.31. The van der Waals surface area contributed by atoms with Crippen LogP contribution in [-0.4, -0.2) is 21.1 Å². The van der Waals surface area contributed by atoms with Gasteiger partial charge in [0.05, 0.1) is 16.8 Å². The number of halogens is 2. The number of thioether (sulfide) groups is 1. The number of rotatable bonds is 5. The highest BCUT2D eigenvalue weighted by Crippen LogP contribution is 2.24. The average molecular weight is 332 g/mol. The summed E-state index contributed by atoms with van der Waals surface area (Å²) >= 11 is 1.30. The van der Waals surface area contributed by atoms with Crippen molar-refractivity contribution in [2.45, 2.75) is 18.6 Å². The highest BCUT2D eigenvalue weighted by molar-refractivity contribution is 7.99. The third kappa shape index (κ3) is 3.12. The number of ketones is 1. The van der Waals surface area contributed by atoms with Gasteiger partial charge in [0.1, 0.15) is 0 Å². The number of aryl methyl sites for hydroxylation is 1. The van der Waals surface area contributed by atoms with E-state index in [0.717, 1.165) is 34.9 Å². The second-order valence-corrected chi connectivity index (χ2v) is 5.91. The molecular weight excluding hydrogens is 318 g/mol. The van der Waals surface area contributed by atoms with E-state index in [0.29, 0.717) is 0 Å². The van der Waals surface area contributed by atoms with Crippen LogP contribution in [0.15, 0.2) is 47.6 Å². The molecule has 2 aromatic carbocycles. The van der Waals surface area contributed by atoms with Gasteiger partial charge in [0.15, 0.2) is 22.6 Å². The fraction of sp³-hybridized carbons (Fsp3) is 0.176. The van der Waals surface area contributed by atoms with E-state index in [1.807, 2.05) is 35.8 Å². The average Bonchev–Trinajstić information content (AvgIpc) is 2.92. The van der Waals surface area contributed by atoms with Gasteiger partial charge in [-0.25, -0.2) is 13.8 Å². The van der Waals surface area contributed by atoms with Crippen LogP contribution in [-0.2, 0) is 6.54 Å². The van der Waals surface area contributed by atoms with E-state index in [9.17, 15) is 13.6 Å². The minimum Gasteiger partial charge on any atom is -0.319 e. The van der Waals surface area contributed by atoms with Crippen molar-refractivity contribution < 1.29 is 13.6 Å². The van der Waals surface area contributed by atoms with Crippen LogP contribution in [0, 0.1) is 11.6 Å². The number of nitrogens with zero attached hydrogens (tertiary/aromatic N) is 2. The van der Waals surface area contributed by atoms with E-state index in [2.05, 4.69) is 4.98 Å². The molecule has 0 spiro atoms. The number of carbonyl (C=O) groups is 1. The summed E-state index contributed by atoms with van der Waals surface area (Å²) in [5.74, 6) is -2.11. The van der Waals surface area contributed by atoms with Crippen molar-refractivity contribution in [2.75, 3.05) is 5.75 Å². The first kappa shape index (κ1) is 15.7. The molecule has 0 saturated carbocycles. The van der Waals surface area contributed by atoms with Gasteiger partial charge in [0.25, 0.3) is 0 Å². The van der Waals surface area contributed by atoms with Gasteiger partial charge < -0.3 is 4.57 Å². The van der Waals surface area contributed by atoms with E-state index in [1.54, 1.807) is 0 Å². The number of hydrogen-bond acceptors (Lipinski definition) is 3. The molecule has 0 aliphatic rings. The smallest absolute Gasteiger partial charge is 0.173 e. The lowest BCUT2D eigenvalue weighted by Crippen LogP contribution is -2.05. The molecule has 0 fully saturated rings. The first-order valence-corrected chi connectivity index (χ1v) is 8.15. The number of para-hydroxylation sites is 2. The summed E-state index contributed by atoms with van der Waals surface area (Å²) in [5, 5.41) is 0.740. The van der Waals surface area contributed by atoms with Crippen LogP contribution >= 0.6 is 11.8 Å². The predicted molar refractivity (Wildman–Crippen MR) is 86.8 cm³/mol. The van der Waals surface area contributed by atoms with Crippen LogP contribution in [0.4, 0.5) is 8.78 Å². The summed E-state index contributed by atoms with van der Waals surface area (Å²) in [4.78, 5) is 16.7. The maximum absolute atomic E-state index is 13.2. The Morgan fingerprint density at radius 3 is 2.70 bits per heavy atom. The Morgan fingerprint density at radius 2 is 1.96 bits per heavy atom. The molecule has 0 saturated heterocycles. The fourth-order valence-corrected chi connectivity index (χ4v) is 3.33. The number of aromatic nitrogens is 2. The molecule has 0 aliphatic carbocycles. The molecule has 3 nitrogen and oxygen atoms in total. The van der Waals surface area contributed by atoms with Crippen molar-refractivity contribution in [3.05, 3.63) is 59.7 Å². The summed E-state index contributed by atoms with van der Waals surface area (Å²) in [6.07, 6.45) is 0. The molecule has 6 heteroatoms. The number of fused-ring (bicyclic) bond motifs is 1. The minimum absolute atomic E-state index is 0.119. The Hall–Kier alpha value is -2.21. The Balaban J connectivity index is 1.80. The topological polar surface area (TPSA) is 34.9 Å². The Kier molecular flexibility index (Phi) is 4.43. The highest BCUT2D eigenvalue weighted by atomic mass is 32.2. The Bertz CT molecular complexity index is 876. The second kappa shape index (κ2) is 6.50. The standard InChI is InChI=1S/C17H14F2N2OS/c1-2-21-15-6-4-3-5-14(15)20-17(21)23-10-16(22)11-7-8-12(18)13(19)9-11/h3-9H,2,10H2,1H3. The van der Waals surface area contributed by atoms with Gasteiger partial charge in [-0.3, -0.25) is 4.79 Å². The van der Waals surface area contributed by atoms with E-state index in [-0.39, 0.29) is 17.1 Å². The zero-order valence-electron chi connectivity index (χ0n) is 12.4. The number of carbonyl (C=O) groups excluding carboxylic acids is 1. The van der Waals surface area contributed by atoms with Crippen LogP contribution in [0.5, 0.6) is 0 Å². The monoisotopic (exact) mass is 332 g/mol. The van der Waals surface area contributed by atoms with Crippen LogP contribution in [0.2, 0.25) is 0 Å². The van der Waals surface area contributed by atoms with Crippen molar-refractivity contribution in [2.24, 2.45) is 0 Å². The van der Waals surface area contributed by atoms with Crippen molar-refractivity contribution in [3.63, 3.8) is 0 Å². The summed E-state index contributed by atoms with van der Waals surface area (Å²) in [6.45, 7) is 2.75. The van der Waals surface area contributed by atoms with E-state index in [4.69, 9.17) is 0 Å². The van der Waals surface area contributed by atoms with Crippen LogP contribution < -0.4 is 0 Å². The second-order valence-electron chi connectivity index (χ2n) is 4.97. The van der Waals surface area contributed by atoms with Crippen molar-refractivity contribution in [3.8, 4) is 0 Å². The lowest BCUT2D eigenvalue weighted by Gasteiger charge is -2.05. The van der Waals surface area contributed by atoms with Gasteiger partial charge in [0.2, 0.25) is 0 Å². The molecule has 0 amide bonds. The summed E-state index contributed by atoms with van der Waals surface area (Å²) in [6, 6.07) is 10.9. The first-order chi connectivity index (χ1) is 11.1. The van der Waals surface area contributed by atoms with Crippen molar-refractivity contribution >= 4 is 28.6 Å². The quantitative estimate of drug-likeness (QED) is 0.516. The molecule has 0 unspecified atom stereocenters. The van der Waals surface area contributed by atoms with E-state index >= 15 is 0 Å². The molecule has 1 heterocycles.